The van der Waals surface area contributed by atoms with Gasteiger partial charge in [-0.15, -0.1) is 0 Å². The van der Waals surface area contributed by atoms with E-state index in [0.717, 1.165) is 43.3 Å². The van der Waals surface area contributed by atoms with Gasteiger partial charge < -0.3 is 34.5 Å². The van der Waals surface area contributed by atoms with Crippen molar-refractivity contribution in [2.24, 2.45) is 5.73 Å². The van der Waals surface area contributed by atoms with Crippen LogP contribution in [0.3, 0.4) is 0 Å². The second kappa shape index (κ2) is 11.8. The fourth-order valence-electron chi connectivity index (χ4n) is 1.85. The summed E-state index contributed by atoms with van der Waals surface area (Å²) in [6, 6.07) is 7.76. The Morgan fingerprint density at radius 1 is 1.15 bits per heavy atom. The molecular weight excluding hydrogens is 297 g/mol. The summed E-state index contributed by atoms with van der Waals surface area (Å²) in [5.41, 5.74) is 7.02. The predicted octanol–water partition coefficient (Wildman–Crippen LogP) is -7.59. The number of halogens is 2. The van der Waals surface area contributed by atoms with Gasteiger partial charge >= 0.3 is 0 Å². The summed E-state index contributed by atoms with van der Waals surface area (Å²) in [5.74, 6) is 1.57. The summed E-state index contributed by atoms with van der Waals surface area (Å²) in [7, 11) is 1.66. The minimum absolute atomic E-state index is 0. The fourth-order valence-corrected chi connectivity index (χ4v) is 1.85. The maximum atomic E-state index is 6.01. The fraction of sp³-hybridized carbons (Fsp3) is 0.500. The molecule has 0 radical (unpaired) electrons. The molecule has 0 aliphatic heterocycles. The van der Waals surface area contributed by atoms with E-state index >= 15 is 0 Å². The number of hydrogen-bond acceptors (Lipinski definition) is 1. The minimum Gasteiger partial charge on any atom is -1.00 e. The molecule has 116 valence electrons. The van der Waals surface area contributed by atoms with Crippen molar-refractivity contribution >= 4 is 5.84 Å². The number of quaternary nitrogens is 1. The van der Waals surface area contributed by atoms with Crippen LogP contribution in [-0.2, 0) is 0 Å². The highest BCUT2D eigenvalue weighted by molar-refractivity contribution is 5.92. The Hall–Kier alpha value is -0.970. The van der Waals surface area contributed by atoms with Crippen molar-refractivity contribution in [3.63, 3.8) is 0 Å². The van der Waals surface area contributed by atoms with Gasteiger partial charge in [0.15, 0.2) is 0 Å². The quantitative estimate of drug-likeness (QED) is 0.345. The second-order valence-electron chi connectivity index (χ2n) is 4.28. The van der Waals surface area contributed by atoms with Crippen LogP contribution in [0.15, 0.2) is 24.3 Å². The molecule has 1 aromatic rings. The number of nitrogens with two attached hydrogens (primary N) is 1. The van der Waals surface area contributed by atoms with Crippen molar-refractivity contribution in [1.82, 2.24) is 0 Å². The average Bonchev–Trinajstić information content (AvgIpc) is 2.43. The Morgan fingerprint density at radius 2 is 1.70 bits per heavy atom. The lowest BCUT2D eigenvalue weighted by molar-refractivity contribution is -0.903. The molecule has 4 nitrogen and oxygen atoms in total. The number of methoxy groups -OCH3 is 1. The Balaban J connectivity index is 0. The highest BCUT2D eigenvalue weighted by Crippen LogP contribution is 2.09. The topological polar surface area (TPSA) is 53.7 Å². The Labute approximate surface area is 134 Å². The zero-order valence-electron chi connectivity index (χ0n) is 12.4. The van der Waals surface area contributed by atoms with Crippen LogP contribution in [0.1, 0.15) is 19.4 Å². The maximum Gasteiger partial charge on any atom is 0.273 e. The first-order chi connectivity index (χ1) is 8.71. The minimum atomic E-state index is 0. The SMILES string of the molecule is CC[NH+](CC)CC[NH+]=C(N)c1ccc(OC)cc1.[Cl-].[Cl-]. The molecule has 0 bridgehead atoms. The van der Waals surface area contributed by atoms with Gasteiger partial charge in [0.1, 0.15) is 18.8 Å². The Kier molecular flexibility index (Phi) is 12.6. The third-order valence-electron chi connectivity index (χ3n) is 3.20. The van der Waals surface area contributed by atoms with Crippen LogP contribution in [0.4, 0.5) is 0 Å². The first kappa shape index (κ1) is 21.3. The zero-order chi connectivity index (χ0) is 13.4. The normalized spacial score (nSPS) is 10.7. The van der Waals surface area contributed by atoms with E-state index in [4.69, 9.17) is 10.5 Å². The number of nitrogen functional groups attached to an aromatic ring is 1. The molecule has 0 unspecified atom stereocenters. The van der Waals surface area contributed by atoms with Crippen molar-refractivity contribution in [1.29, 1.82) is 0 Å². The lowest BCUT2D eigenvalue weighted by Gasteiger charge is -2.12. The van der Waals surface area contributed by atoms with Gasteiger partial charge in [0.05, 0.1) is 25.8 Å². The van der Waals surface area contributed by atoms with Gasteiger partial charge in [-0.3, -0.25) is 10.7 Å². The standard InChI is InChI=1S/C14H23N3O.2ClH/c1-4-17(5-2)11-10-16-14(15)12-6-8-13(18-3)9-7-12;;/h6-9H,4-5,10-11H2,1-3H3,(H2,15,16);2*1H. The lowest BCUT2D eigenvalue weighted by atomic mass is 10.2. The molecule has 0 spiro atoms. The van der Waals surface area contributed by atoms with Crippen molar-refractivity contribution in [3.05, 3.63) is 29.8 Å². The van der Waals surface area contributed by atoms with Gasteiger partial charge in [-0.05, 0) is 38.1 Å². The Morgan fingerprint density at radius 3 is 2.15 bits per heavy atom. The largest absolute Gasteiger partial charge is 1.00 e. The number of hydrogen-bond donors (Lipinski definition) is 3. The van der Waals surface area contributed by atoms with Crippen LogP contribution < -0.4 is 45.2 Å². The van der Waals surface area contributed by atoms with E-state index in [1.165, 1.54) is 0 Å². The molecule has 1 aromatic carbocycles. The van der Waals surface area contributed by atoms with Crippen LogP contribution >= 0.6 is 0 Å². The highest BCUT2D eigenvalue weighted by atomic mass is 35.5. The number of amidine groups is 1. The summed E-state index contributed by atoms with van der Waals surface area (Å²) >= 11 is 0. The predicted molar refractivity (Wildman–Crippen MR) is 74.0 cm³/mol. The number of nitrogens with one attached hydrogen (secondary N) is 2. The van der Waals surface area contributed by atoms with Crippen LogP contribution in [0.5, 0.6) is 5.75 Å². The molecule has 0 saturated heterocycles. The molecule has 0 saturated carbocycles. The van der Waals surface area contributed by atoms with Gasteiger partial charge in [0, 0.05) is 0 Å². The third kappa shape index (κ3) is 6.98. The molecule has 0 heterocycles. The third-order valence-corrected chi connectivity index (χ3v) is 3.20. The van der Waals surface area contributed by atoms with Gasteiger partial charge in [-0.1, -0.05) is 0 Å². The number of ether oxygens (including phenoxy) is 1. The van der Waals surface area contributed by atoms with Gasteiger partial charge in [0.25, 0.3) is 5.84 Å². The van der Waals surface area contributed by atoms with E-state index in [1.54, 1.807) is 12.0 Å². The number of likely N-dealkylation sites (N-methyl/N-ethyl adjacent to an activating group) is 1. The van der Waals surface area contributed by atoms with E-state index in [0.29, 0.717) is 0 Å². The molecule has 0 atom stereocenters. The van der Waals surface area contributed by atoms with Crippen LogP contribution in [0.2, 0.25) is 0 Å². The van der Waals surface area contributed by atoms with Crippen molar-refractivity contribution in [2.45, 2.75) is 13.8 Å². The van der Waals surface area contributed by atoms with Crippen LogP contribution in [-0.4, -0.2) is 39.1 Å². The van der Waals surface area contributed by atoms with Crippen LogP contribution in [0.25, 0.3) is 0 Å². The first-order valence-electron chi connectivity index (χ1n) is 6.55. The lowest BCUT2D eigenvalue weighted by Crippen LogP contribution is -3.13. The van der Waals surface area contributed by atoms with Crippen molar-refractivity contribution < 1.29 is 39.4 Å². The smallest absolute Gasteiger partial charge is 0.273 e. The monoisotopic (exact) mass is 321 g/mol. The molecular formula is C14H25Cl2N3O. The van der Waals surface area contributed by atoms with E-state index in [1.807, 2.05) is 24.3 Å². The van der Waals surface area contributed by atoms with E-state index < -0.39 is 0 Å². The van der Waals surface area contributed by atoms with Gasteiger partial charge in [-0.2, -0.15) is 0 Å². The Bertz CT molecular complexity index is 379. The average molecular weight is 322 g/mol. The first-order valence-corrected chi connectivity index (χ1v) is 6.55. The molecule has 1 rings (SSSR count). The molecule has 0 fully saturated rings. The maximum absolute atomic E-state index is 6.01. The molecule has 0 aliphatic rings. The van der Waals surface area contributed by atoms with E-state index in [-0.39, 0.29) is 24.8 Å². The van der Waals surface area contributed by atoms with Crippen molar-refractivity contribution in [2.75, 3.05) is 33.3 Å². The molecule has 4 N–H and O–H groups in total. The molecule has 20 heavy (non-hydrogen) atoms. The number of benzene rings is 1. The van der Waals surface area contributed by atoms with Crippen molar-refractivity contribution in [3.8, 4) is 5.75 Å². The molecule has 0 aromatic heterocycles. The summed E-state index contributed by atoms with van der Waals surface area (Å²) in [5, 5.41) is 0. The van der Waals surface area contributed by atoms with Gasteiger partial charge in [0.2, 0.25) is 0 Å². The van der Waals surface area contributed by atoms with Gasteiger partial charge in [-0.25, -0.2) is 0 Å². The second-order valence-corrected chi connectivity index (χ2v) is 4.28. The van der Waals surface area contributed by atoms with Crippen LogP contribution in [0, 0.1) is 0 Å². The van der Waals surface area contributed by atoms with E-state index in [2.05, 4.69) is 18.8 Å². The summed E-state index contributed by atoms with van der Waals surface area (Å²) < 4.78 is 5.12. The summed E-state index contributed by atoms with van der Waals surface area (Å²) in [6.45, 7) is 8.70. The zero-order valence-corrected chi connectivity index (χ0v) is 13.9. The van der Waals surface area contributed by atoms with E-state index in [9.17, 15) is 0 Å². The molecule has 6 heteroatoms. The summed E-state index contributed by atoms with van der Waals surface area (Å²) in [4.78, 5) is 4.84. The molecule has 0 aliphatic carbocycles. The summed E-state index contributed by atoms with van der Waals surface area (Å²) in [6.07, 6.45) is 0. The molecule has 0 amide bonds. The highest BCUT2D eigenvalue weighted by Gasteiger charge is 2.06. The number of rotatable bonds is 7.